The third-order valence-electron chi connectivity index (χ3n) is 0.577. The highest BCUT2D eigenvalue weighted by molar-refractivity contribution is 7.98. The van der Waals surface area contributed by atoms with Gasteiger partial charge in [-0.1, -0.05) is 0 Å². The molecule has 0 saturated heterocycles. The Morgan fingerprint density at radius 2 is 1.44 bits per heavy atom. The van der Waals surface area contributed by atoms with Crippen molar-refractivity contribution in [1.82, 2.24) is 0 Å². The highest BCUT2D eigenvalue weighted by Gasteiger charge is 1.88. The fourth-order valence-electron chi connectivity index (χ4n) is 0.263. The van der Waals surface area contributed by atoms with Crippen LogP contribution in [-0.4, -0.2) is 11.5 Å². The number of nitroso groups, excluding NO2 is 2. The minimum atomic E-state index is 0.673. The molecule has 0 N–H and O–H groups in total. The molecule has 0 saturated carbocycles. The first-order chi connectivity index (χ1) is 4.41. The van der Waals surface area contributed by atoms with Gasteiger partial charge in [0.25, 0.3) is 0 Å². The molecule has 0 aromatic rings. The number of nitrogens with zero attached hydrogens (tertiary/aromatic N) is 2. The first-order valence-corrected chi connectivity index (χ1v) is 4.19. The number of hydrogen-bond acceptors (Lipinski definition) is 6. The van der Waals surface area contributed by atoms with E-state index < -0.39 is 0 Å². The Morgan fingerprint density at radius 1 is 1.00 bits per heavy atom. The molecule has 52 valence electrons. The molecule has 6 heteroatoms. The van der Waals surface area contributed by atoms with Gasteiger partial charge in [-0.05, 0) is 6.42 Å². The van der Waals surface area contributed by atoms with E-state index in [4.69, 9.17) is 0 Å². The van der Waals surface area contributed by atoms with Crippen LogP contribution in [0.1, 0.15) is 6.42 Å². The third kappa shape index (κ3) is 7.90. The van der Waals surface area contributed by atoms with E-state index in [1.165, 1.54) is 0 Å². The van der Waals surface area contributed by atoms with E-state index in [1.807, 2.05) is 0 Å². The molecule has 0 aliphatic heterocycles. The van der Waals surface area contributed by atoms with Crippen LogP contribution in [-0.2, 0) is 0 Å². The van der Waals surface area contributed by atoms with Crippen LogP contribution in [0, 0.1) is 9.81 Å². The molecular weight excluding hydrogens is 160 g/mol. The summed E-state index contributed by atoms with van der Waals surface area (Å²) in [6, 6.07) is 0. The molecule has 0 unspecified atom stereocenters. The molecule has 9 heavy (non-hydrogen) atoms. The molecule has 0 spiro atoms. The summed E-state index contributed by atoms with van der Waals surface area (Å²) in [6.45, 7) is 0. The van der Waals surface area contributed by atoms with Crippen molar-refractivity contribution in [3.05, 3.63) is 9.81 Å². The van der Waals surface area contributed by atoms with Gasteiger partial charge in [-0.2, -0.15) is 0 Å². The lowest BCUT2D eigenvalue weighted by Crippen LogP contribution is -1.78. The molecule has 0 atom stereocenters. The van der Waals surface area contributed by atoms with Crippen LogP contribution in [0.4, 0.5) is 0 Å². The van der Waals surface area contributed by atoms with Crippen LogP contribution in [0.15, 0.2) is 9.16 Å². The Morgan fingerprint density at radius 3 is 1.78 bits per heavy atom. The molecule has 0 aromatic heterocycles. The van der Waals surface area contributed by atoms with Crippen molar-refractivity contribution >= 4 is 23.9 Å². The predicted octanol–water partition coefficient (Wildman–Crippen LogP) is 2.21. The molecule has 0 bridgehead atoms. The van der Waals surface area contributed by atoms with E-state index in [-0.39, 0.29) is 0 Å². The minimum Gasteiger partial charge on any atom is -0.137 e. The normalized spacial score (nSPS) is 8.89. The Bertz CT molecular complexity index is 79.9. The molecule has 0 aromatic carbocycles. The Kier molecular flexibility index (Phi) is 7.81. The molecule has 4 nitrogen and oxygen atoms in total. The van der Waals surface area contributed by atoms with Crippen LogP contribution in [0.25, 0.3) is 0 Å². The lowest BCUT2D eigenvalue weighted by atomic mass is 10.6. The maximum absolute atomic E-state index is 9.46. The summed E-state index contributed by atoms with van der Waals surface area (Å²) >= 11 is 1.94. The second kappa shape index (κ2) is 7.90. The summed E-state index contributed by atoms with van der Waals surface area (Å²) in [7, 11) is 0. The van der Waals surface area contributed by atoms with Crippen LogP contribution in [0.2, 0.25) is 0 Å². The van der Waals surface area contributed by atoms with E-state index in [0.29, 0.717) is 11.5 Å². The molecule has 0 fully saturated rings. The zero-order chi connectivity index (χ0) is 6.95. The molecule has 0 aliphatic rings. The van der Waals surface area contributed by atoms with E-state index in [2.05, 4.69) is 9.16 Å². The van der Waals surface area contributed by atoms with Crippen LogP contribution in [0.5, 0.6) is 0 Å². The molecule has 0 radical (unpaired) electrons. The topological polar surface area (TPSA) is 58.9 Å². The first kappa shape index (κ1) is 8.90. The molecular formula is C3H6N2O2S2. The highest BCUT2D eigenvalue weighted by atomic mass is 32.2. The van der Waals surface area contributed by atoms with Gasteiger partial charge in [0.15, 0.2) is 0 Å². The Hall–Kier alpha value is -0.100. The fourth-order valence-corrected chi connectivity index (χ4v) is 1.14. The van der Waals surface area contributed by atoms with Crippen molar-refractivity contribution in [1.29, 1.82) is 0 Å². The van der Waals surface area contributed by atoms with E-state index in [1.54, 1.807) is 0 Å². The van der Waals surface area contributed by atoms with Crippen molar-refractivity contribution in [2.45, 2.75) is 6.42 Å². The monoisotopic (exact) mass is 166 g/mol. The van der Waals surface area contributed by atoms with E-state index >= 15 is 0 Å². The van der Waals surface area contributed by atoms with Crippen LogP contribution >= 0.6 is 23.9 Å². The van der Waals surface area contributed by atoms with Gasteiger partial charge < -0.3 is 0 Å². The van der Waals surface area contributed by atoms with Crippen LogP contribution < -0.4 is 0 Å². The maximum atomic E-state index is 9.46. The fraction of sp³-hybridized carbons (Fsp3) is 1.00. The zero-order valence-electron chi connectivity index (χ0n) is 4.65. The summed E-state index contributed by atoms with van der Waals surface area (Å²) in [4.78, 5) is 18.9. The molecule has 0 heterocycles. The lowest BCUT2D eigenvalue weighted by Gasteiger charge is -1.87. The Balaban J connectivity index is 2.74. The van der Waals surface area contributed by atoms with Gasteiger partial charge in [0, 0.05) is 44.6 Å². The largest absolute Gasteiger partial charge is 0.137 e. The van der Waals surface area contributed by atoms with Gasteiger partial charge in [-0.15, -0.1) is 9.81 Å². The smallest absolute Gasteiger partial charge is 0.0203 e. The second-order valence-electron chi connectivity index (χ2n) is 1.17. The quantitative estimate of drug-likeness (QED) is 0.345. The van der Waals surface area contributed by atoms with Gasteiger partial charge in [-0.25, -0.2) is 0 Å². The van der Waals surface area contributed by atoms with Gasteiger partial charge >= 0.3 is 0 Å². The standard InChI is InChI=1S/C3H6N2O2S2/c6-4-8-2-1-3-9-5-7/h1-3H2. The van der Waals surface area contributed by atoms with Gasteiger partial charge in [-0.3, -0.25) is 0 Å². The van der Waals surface area contributed by atoms with Crippen molar-refractivity contribution < 1.29 is 0 Å². The average molecular weight is 166 g/mol. The summed E-state index contributed by atoms with van der Waals surface area (Å²) in [5, 5.41) is 0. The lowest BCUT2D eigenvalue weighted by molar-refractivity contribution is 1.12. The summed E-state index contributed by atoms with van der Waals surface area (Å²) < 4.78 is 5.16. The van der Waals surface area contributed by atoms with Gasteiger partial charge in [0.05, 0.1) is 0 Å². The summed E-state index contributed by atoms with van der Waals surface area (Å²) in [5.74, 6) is 1.35. The Labute approximate surface area is 61.4 Å². The maximum Gasteiger partial charge on any atom is 0.0203 e. The van der Waals surface area contributed by atoms with E-state index in [0.717, 1.165) is 30.3 Å². The minimum absolute atomic E-state index is 0.673. The average Bonchev–Trinajstić information content (AvgIpc) is 1.89. The van der Waals surface area contributed by atoms with Crippen LogP contribution in [0.3, 0.4) is 0 Å². The van der Waals surface area contributed by atoms with Gasteiger partial charge in [0.2, 0.25) is 0 Å². The molecule has 0 rings (SSSR count). The highest BCUT2D eigenvalue weighted by Crippen LogP contribution is 2.07. The third-order valence-corrected chi connectivity index (χ3v) is 1.73. The molecule has 0 aliphatic carbocycles. The number of hydrogen-bond donors (Lipinski definition) is 0. The number of rotatable bonds is 6. The zero-order valence-corrected chi connectivity index (χ0v) is 6.28. The summed E-state index contributed by atoms with van der Waals surface area (Å²) in [5.41, 5.74) is 0. The van der Waals surface area contributed by atoms with E-state index in [9.17, 15) is 9.81 Å². The molecule has 0 amide bonds. The van der Waals surface area contributed by atoms with Crippen molar-refractivity contribution in [2.75, 3.05) is 11.5 Å². The summed E-state index contributed by atoms with van der Waals surface area (Å²) in [6.07, 6.45) is 0.798. The second-order valence-corrected chi connectivity index (χ2v) is 2.80. The van der Waals surface area contributed by atoms with Crippen molar-refractivity contribution in [3.8, 4) is 0 Å². The van der Waals surface area contributed by atoms with Crippen molar-refractivity contribution in [2.24, 2.45) is 9.16 Å². The predicted molar refractivity (Wildman–Crippen MR) is 41.1 cm³/mol. The van der Waals surface area contributed by atoms with Gasteiger partial charge in [0.1, 0.15) is 0 Å². The SMILES string of the molecule is O=NSCCCSN=O. The first-order valence-electron chi connectivity index (χ1n) is 2.31. The van der Waals surface area contributed by atoms with Crippen molar-refractivity contribution in [3.63, 3.8) is 0 Å².